The largest absolute Gasteiger partial charge is 0.462 e. The lowest BCUT2D eigenvalue weighted by Gasteiger charge is -2.07. The van der Waals surface area contributed by atoms with Gasteiger partial charge in [-0.3, -0.25) is 0 Å². The number of thioether (sulfide) groups is 1. The lowest BCUT2D eigenvalue weighted by atomic mass is 10.2. The second-order valence-electron chi connectivity index (χ2n) is 5.51. The lowest BCUT2D eigenvalue weighted by Crippen LogP contribution is -2.03. The topological polar surface area (TPSA) is 56.7 Å². The summed E-state index contributed by atoms with van der Waals surface area (Å²) >= 11 is 3.25. The third-order valence-electron chi connectivity index (χ3n) is 3.72. The average molecular weight is 368 g/mol. The van der Waals surface area contributed by atoms with Crippen molar-refractivity contribution in [2.45, 2.75) is 24.4 Å². The van der Waals surface area contributed by atoms with Gasteiger partial charge in [0.15, 0.2) is 15.9 Å². The lowest BCUT2D eigenvalue weighted by molar-refractivity contribution is 0.581. The summed E-state index contributed by atoms with van der Waals surface area (Å²) in [4.78, 5) is 4.63. The zero-order chi connectivity index (χ0) is 17.1. The Labute approximate surface area is 153 Å². The van der Waals surface area contributed by atoms with Crippen LogP contribution >= 0.6 is 23.1 Å². The van der Waals surface area contributed by atoms with Crippen molar-refractivity contribution >= 4 is 23.1 Å². The van der Waals surface area contributed by atoms with Gasteiger partial charge in [0.05, 0.1) is 18.5 Å². The molecule has 4 rings (SSSR count). The van der Waals surface area contributed by atoms with Crippen molar-refractivity contribution in [1.29, 1.82) is 0 Å². The maximum Gasteiger partial charge on any atom is 0.191 e. The summed E-state index contributed by atoms with van der Waals surface area (Å²) in [6, 6.07) is 14.2. The first kappa shape index (κ1) is 16.1. The van der Waals surface area contributed by atoms with Crippen molar-refractivity contribution < 1.29 is 4.42 Å². The van der Waals surface area contributed by atoms with E-state index < -0.39 is 0 Å². The fourth-order valence-electron chi connectivity index (χ4n) is 2.44. The minimum Gasteiger partial charge on any atom is -0.462 e. The first-order valence-corrected chi connectivity index (χ1v) is 9.71. The number of aromatic nitrogens is 4. The van der Waals surface area contributed by atoms with E-state index in [1.165, 1.54) is 5.56 Å². The van der Waals surface area contributed by atoms with Crippen LogP contribution in [0.3, 0.4) is 0 Å². The molecule has 5 nitrogen and oxygen atoms in total. The Bertz CT molecular complexity index is 945. The Morgan fingerprint density at radius 2 is 2.00 bits per heavy atom. The number of nitrogens with zero attached hydrogens (tertiary/aromatic N) is 4. The standard InChI is InChI=1S/C18H16N4OS2/c1-13-20-21-18(22(13)10-14-6-3-2-4-7-14)25-12-15-11-24-17(19-15)16-8-5-9-23-16/h2-9,11H,10,12H2,1H3. The molecule has 0 bridgehead atoms. The zero-order valence-corrected chi connectivity index (χ0v) is 15.3. The first-order valence-electron chi connectivity index (χ1n) is 7.84. The van der Waals surface area contributed by atoms with Crippen LogP contribution in [-0.2, 0) is 12.3 Å². The van der Waals surface area contributed by atoms with Crippen molar-refractivity contribution in [3.63, 3.8) is 0 Å². The van der Waals surface area contributed by atoms with Gasteiger partial charge in [-0.2, -0.15) is 0 Å². The molecule has 7 heteroatoms. The van der Waals surface area contributed by atoms with Gasteiger partial charge in [0.25, 0.3) is 0 Å². The van der Waals surface area contributed by atoms with Crippen LogP contribution in [0, 0.1) is 6.92 Å². The van der Waals surface area contributed by atoms with E-state index in [-0.39, 0.29) is 0 Å². The van der Waals surface area contributed by atoms with E-state index in [2.05, 4.69) is 37.3 Å². The van der Waals surface area contributed by atoms with Crippen LogP contribution in [0.25, 0.3) is 10.8 Å². The van der Waals surface area contributed by atoms with Crippen molar-refractivity contribution in [3.8, 4) is 10.8 Å². The van der Waals surface area contributed by atoms with E-state index in [4.69, 9.17) is 4.42 Å². The molecule has 0 aliphatic rings. The Hall–Kier alpha value is -2.38. The molecular weight excluding hydrogens is 352 g/mol. The highest BCUT2D eigenvalue weighted by Crippen LogP contribution is 2.28. The van der Waals surface area contributed by atoms with Crippen molar-refractivity contribution in [1.82, 2.24) is 19.7 Å². The molecule has 0 fully saturated rings. The Balaban J connectivity index is 1.47. The van der Waals surface area contributed by atoms with Gasteiger partial charge in [0, 0.05) is 11.1 Å². The molecule has 0 unspecified atom stereocenters. The number of hydrogen-bond acceptors (Lipinski definition) is 6. The average Bonchev–Trinajstić information content (AvgIpc) is 3.37. The molecule has 0 saturated carbocycles. The summed E-state index contributed by atoms with van der Waals surface area (Å²) in [5.74, 6) is 2.48. The summed E-state index contributed by atoms with van der Waals surface area (Å²) in [7, 11) is 0. The van der Waals surface area contributed by atoms with Gasteiger partial charge in [0.1, 0.15) is 5.82 Å². The van der Waals surface area contributed by atoms with Gasteiger partial charge in [-0.15, -0.1) is 21.5 Å². The number of hydrogen-bond donors (Lipinski definition) is 0. The zero-order valence-electron chi connectivity index (χ0n) is 13.6. The fraction of sp³-hybridized carbons (Fsp3) is 0.167. The van der Waals surface area contributed by atoms with Crippen LogP contribution in [0.5, 0.6) is 0 Å². The van der Waals surface area contributed by atoms with E-state index in [0.717, 1.165) is 39.7 Å². The van der Waals surface area contributed by atoms with Crippen LogP contribution in [0.2, 0.25) is 0 Å². The van der Waals surface area contributed by atoms with E-state index in [1.54, 1.807) is 29.4 Å². The van der Waals surface area contributed by atoms with Crippen molar-refractivity contribution in [3.05, 3.63) is 71.2 Å². The van der Waals surface area contributed by atoms with Gasteiger partial charge in [0.2, 0.25) is 0 Å². The number of furan rings is 1. The molecule has 25 heavy (non-hydrogen) atoms. The molecule has 0 spiro atoms. The minimum atomic E-state index is 0.754. The number of rotatable bonds is 6. The summed E-state index contributed by atoms with van der Waals surface area (Å²) < 4.78 is 7.54. The van der Waals surface area contributed by atoms with Gasteiger partial charge in [-0.1, -0.05) is 42.1 Å². The summed E-state index contributed by atoms with van der Waals surface area (Å²) in [6.45, 7) is 2.76. The Morgan fingerprint density at radius 1 is 1.12 bits per heavy atom. The molecule has 1 aromatic carbocycles. The van der Waals surface area contributed by atoms with Crippen LogP contribution < -0.4 is 0 Å². The minimum absolute atomic E-state index is 0.754. The first-order chi connectivity index (χ1) is 12.3. The predicted octanol–water partition coefficient (Wildman–Crippen LogP) is 4.64. The molecule has 0 aliphatic heterocycles. The smallest absolute Gasteiger partial charge is 0.191 e. The van der Waals surface area contributed by atoms with Crippen LogP contribution in [0.15, 0.2) is 63.7 Å². The summed E-state index contributed by atoms with van der Waals surface area (Å²) in [5.41, 5.74) is 2.26. The quantitative estimate of drug-likeness (QED) is 0.464. The Morgan fingerprint density at radius 3 is 2.80 bits per heavy atom. The molecule has 0 aliphatic carbocycles. The SMILES string of the molecule is Cc1nnc(SCc2csc(-c3ccco3)n2)n1Cc1ccccc1. The third kappa shape index (κ3) is 3.67. The van der Waals surface area contributed by atoms with Crippen molar-refractivity contribution in [2.24, 2.45) is 0 Å². The summed E-state index contributed by atoms with van der Waals surface area (Å²) in [5, 5.41) is 12.4. The molecule has 0 radical (unpaired) electrons. The molecular formula is C18H16N4OS2. The number of aryl methyl sites for hydroxylation is 1. The molecule has 3 aromatic heterocycles. The highest BCUT2D eigenvalue weighted by molar-refractivity contribution is 7.98. The number of benzene rings is 1. The second-order valence-corrected chi connectivity index (χ2v) is 7.31. The highest BCUT2D eigenvalue weighted by atomic mass is 32.2. The van der Waals surface area contributed by atoms with E-state index in [1.807, 2.05) is 37.3 Å². The van der Waals surface area contributed by atoms with E-state index >= 15 is 0 Å². The molecule has 0 atom stereocenters. The third-order valence-corrected chi connectivity index (χ3v) is 5.62. The normalized spacial score (nSPS) is 11.1. The highest BCUT2D eigenvalue weighted by Gasteiger charge is 2.12. The maximum atomic E-state index is 5.40. The fourth-order valence-corrected chi connectivity index (χ4v) is 4.21. The molecule has 0 amide bonds. The van der Waals surface area contributed by atoms with Crippen LogP contribution in [0.1, 0.15) is 17.1 Å². The van der Waals surface area contributed by atoms with Crippen LogP contribution in [0.4, 0.5) is 0 Å². The van der Waals surface area contributed by atoms with Crippen LogP contribution in [-0.4, -0.2) is 19.7 Å². The molecule has 126 valence electrons. The van der Waals surface area contributed by atoms with Gasteiger partial charge in [-0.25, -0.2) is 4.98 Å². The maximum absolute atomic E-state index is 5.40. The van der Waals surface area contributed by atoms with Gasteiger partial charge in [-0.05, 0) is 24.6 Å². The molecule has 0 saturated heterocycles. The Kier molecular flexibility index (Phi) is 4.67. The molecule has 0 N–H and O–H groups in total. The number of thiazole rings is 1. The predicted molar refractivity (Wildman–Crippen MR) is 99.7 cm³/mol. The van der Waals surface area contributed by atoms with E-state index in [9.17, 15) is 0 Å². The molecule has 4 aromatic rings. The second kappa shape index (κ2) is 7.25. The monoisotopic (exact) mass is 368 g/mol. The van der Waals surface area contributed by atoms with E-state index in [0.29, 0.717) is 0 Å². The van der Waals surface area contributed by atoms with Gasteiger partial charge < -0.3 is 8.98 Å². The summed E-state index contributed by atoms with van der Waals surface area (Å²) in [6.07, 6.45) is 1.67. The van der Waals surface area contributed by atoms with Crippen molar-refractivity contribution in [2.75, 3.05) is 0 Å². The van der Waals surface area contributed by atoms with Gasteiger partial charge >= 0.3 is 0 Å². The molecule has 3 heterocycles.